The van der Waals surface area contributed by atoms with Crippen LogP contribution in [0.3, 0.4) is 0 Å². The van der Waals surface area contributed by atoms with Gasteiger partial charge in [0, 0.05) is 11.0 Å². The number of methoxy groups -OCH3 is 1. The number of carbonyl (C=O) groups is 1. The third-order valence-corrected chi connectivity index (χ3v) is 6.62. The normalized spacial score (nSPS) is 24.3. The van der Waals surface area contributed by atoms with Gasteiger partial charge in [0.2, 0.25) is 0 Å². The molecule has 126 valence electrons. The van der Waals surface area contributed by atoms with Crippen LogP contribution < -0.4 is 4.74 Å². The van der Waals surface area contributed by atoms with Gasteiger partial charge in [-0.15, -0.1) is 0 Å². The fourth-order valence-electron chi connectivity index (χ4n) is 4.56. The van der Waals surface area contributed by atoms with E-state index in [1.54, 1.807) is 7.11 Å². The van der Waals surface area contributed by atoms with E-state index in [0.29, 0.717) is 27.3 Å². The summed E-state index contributed by atoms with van der Waals surface area (Å²) in [5, 5.41) is 0.737. The molecule has 4 heteroatoms. The van der Waals surface area contributed by atoms with Gasteiger partial charge in [-0.3, -0.25) is 4.79 Å². The monoisotopic (exact) mass is 354 g/mol. The van der Waals surface area contributed by atoms with E-state index in [2.05, 4.69) is 6.92 Å². The van der Waals surface area contributed by atoms with E-state index >= 15 is 0 Å². The molecule has 1 aromatic rings. The van der Waals surface area contributed by atoms with Crippen molar-refractivity contribution < 1.29 is 9.53 Å². The van der Waals surface area contributed by atoms with E-state index in [1.807, 2.05) is 6.07 Å². The van der Waals surface area contributed by atoms with Crippen molar-refractivity contribution in [2.75, 3.05) is 7.11 Å². The lowest BCUT2D eigenvalue weighted by atomic mass is 9.68. The van der Waals surface area contributed by atoms with Gasteiger partial charge in [0.25, 0.3) is 0 Å². The van der Waals surface area contributed by atoms with Gasteiger partial charge in [0.05, 0.1) is 12.1 Å². The fraction of sp³-hybridized carbons (Fsp3) is 0.632. The Labute approximate surface area is 148 Å². The zero-order valence-electron chi connectivity index (χ0n) is 13.9. The second-order valence-electron chi connectivity index (χ2n) is 6.99. The van der Waals surface area contributed by atoms with Crippen LogP contribution in [0.1, 0.15) is 67.8 Å². The van der Waals surface area contributed by atoms with Crippen molar-refractivity contribution >= 4 is 29.0 Å². The van der Waals surface area contributed by atoms with E-state index in [9.17, 15) is 4.79 Å². The van der Waals surface area contributed by atoms with E-state index < -0.39 is 0 Å². The highest BCUT2D eigenvalue weighted by molar-refractivity contribution is 6.45. The summed E-state index contributed by atoms with van der Waals surface area (Å²) in [5.41, 5.74) is 1.40. The summed E-state index contributed by atoms with van der Waals surface area (Å²) in [6.45, 7) is 2.18. The lowest BCUT2D eigenvalue weighted by Crippen LogP contribution is -2.35. The Morgan fingerprint density at radius 2 is 1.96 bits per heavy atom. The number of Topliss-reactive ketones (excluding diaryl/α,β-unsaturated/α-hetero) is 1. The molecular weight excluding hydrogens is 331 g/mol. The number of rotatable bonds is 5. The second kappa shape index (κ2) is 6.64. The van der Waals surface area contributed by atoms with Crippen molar-refractivity contribution in [1.82, 2.24) is 0 Å². The minimum absolute atomic E-state index is 0.224. The topological polar surface area (TPSA) is 26.3 Å². The van der Waals surface area contributed by atoms with Crippen LogP contribution in [0, 0.1) is 11.3 Å². The highest BCUT2D eigenvalue weighted by Crippen LogP contribution is 2.54. The first-order valence-corrected chi connectivity index (χ1v) is 9.40. The summed E-state index contributed by atoms with van der Waals surface area (Å²) in [6, 6.07) is 1.92. The molecule has 1 fully saturated rings. The van der Waals surface area contributed by atoms with Crippen LogP contribution >= 0.6 is 23.2 Å². The summed E-state index contributed by atoms with van der Waals surface area (Å²) < 4.78 is 5.33. The third kappa shape index (κ3) is 2.68. The molecule has 1 atom stereocenters. The number of fused-ring (bicyclic) bond motifs is 1. The molecule has 0 heterocycles. The SMILES string of the molecule is CCCC[C@]1(C2CCCC2)Cc2cc(OC)c(Cl)c(Cl)c2C1=O. The van der Waals surface area contributed by atoms with Gasteiger partial charge in [-0.1, -0.05) is 55.8 Å². The van der Waals surface area contributed by atoms with Gasteiger partial charge in [-0.05, 0) is 43.2 Å². The molecular formula is C19H24Cl2O2. The molecule has 2 nitrogen and oxygen atoms in total. The minimum atomic E-state index is -0.270. The molecule has 1 saturated carbocycles. The summed E-state index contributed by atoms with van der Waals surface area (Å²) in [5.74, 6) is 1.28. The van der Waals surface area contributed by atoms with Crippen LogP contribution in [0.15, 0.2) is 6.07 Å². The van der Waals surface area contributed by atoms with Crippen LogP contribution in [0.25, 0.3) is 0 Å². The van der Waals surface area contributed by atoms with Crippen LogP contribution in [0.2, 0.25) is 10.0 Å². The number of hydrogen-bond acceptors (Lipinski definition) is 2. The van der Waals surface area contributed by atoms with Gasteiger partial charge >= 0.3 is 0 Å². The molecule has 0 amide bonds. The van der Waals surface area contributed by atoms with E-state index in [1.165, 1.54) is 12.8 Å². The van der Waals surface area contributed by atoms with Gasteiger partial charge in [0.1, 0.15) is 10.8 Å². The number of ether oxygens (including phenoxy) is 1. The third-order valence-electron chi connectivity index (χ3n) is 5.77. The minimum Gasteiger partial charge on any atom is -0.495 e. The Hall–Kier alpha value is -0.730. The largest absolute Gasteiger partial charge is 0.495 e. The maximum absolute atomic E-state index is 13.4. The van der Waals surface area contributed by atoms with Crippen LogP contribution in [0.4, 0.5) is 0 Å². The predicted molar refractivity (Wildman–Crippen MR) is 95.0 cm³/mol. The Morgan fingerprint density at radius 1 is 1.26 bits per heavy atom. The van der Waals surface area contributed by atoms with Crippen LogP contribution in [-0.4, -0.2) is 12.9 Å². The first kappa shape index (κ1) is 17.1. The molecule has 3 rings (SSSR count). The second-order valence-corrected chi connectivity index (χ2v) is 7.74. The van der Waals surface area contributed by atoms with Gasteiger partial charge in [-0.2, -0.15) is 0 Å². The Balaban J connectivity index is 2.07. The maximum atomic E-state index is 13.4. The lowest BCUT2D eigenvalue weighted by molar-refractivity contribution is 0.0671. The first-order valence-electron chi connectivity index (χ1n) is 8.64. The molecule has 0 bridgehead atoms. The van der Waals surface area contributed by atoms with Gasteiger partial charge in [-0.25, -0.2) is 0 Å². The van der Waals surface area contributed by atoms with Crippen LogP contribution in [-0.2, 0) is 6.42 Å². The Bertz CT molecular complexity index is 620. The van der Waals surface area contributed by atoms with Crippen LogP contribution in [0.5, 0.6) is 5.75 Å². The lowest BCUT2D eigenvalue weighted by Gasteiger charge is -2.34. The van der Waals surface area contributed by atoms with Crippen molar-refractivity contribution in [3.63, 3.8) is 0 Å². The fourth-order valence-corrected chi connectivity index (χ4v) is 5.09. The first-order chi connectivity index (χ1) is 11.0. The number of halogens is 2. The Kier molecular flexibility index (Phi) is 4.94. The van der Waals surface area contributed by atoms with Crippen molar-refractivity contribution in [2.24, 2.45) is 11.3 Å². The van der Waals surface area contributed by atoms with Crippen molar-refractivity contribution in [1.29, 1.82) is 0 Å². The molecule has 0 aromatic heterocycles. The van der Waals surface area contributed by atoms with E-state index in [-0.39, 0.29) is 11.2 Å². The quantitative estimate of drug-likeness (QED) is 0.637. The molecule has 2 aliphatic rings. The number of carbonyl (C=O) groups excluding carboxylic acids is 1. The summed E-state index contributed by atoms with van der Waals surface area (Å²) in [4.78, 5) is 13.4. The van der Waals surface area contributed by atoms with Crippen molar-refractivity contribution in [2.45, 2.75) is 58.3 Å². The van der Waals surface area contributed by atoms with Gasteiger partial charge in [0.15, 0.2) is 5.78 Å². The average Bonchev–Trinajstić information content (AvgIpc) is 3.17. The van der Waals surface area contributed by atoms with E-state index in [0.717, 1.165) is 44.1 Å². The highest BCUT2D eigenvalue weighted by atomic mass is 35.5. The van der Waals surface area contributed by atoms with E-state index in [4.69, 9.17) is 27.9 Å². The molecule has 0 saturated heterocycles. The number of benzene rings is 1. The molecule has 0 unspecified atom stereocenters. The molecule has 0 spiro atoms. The smallest absolute Gasteiger partial charge is 0.171 e. The highest BCUT2D eigenvalue weighted by Gasteiger charge is 2.51. The molecule has 0 N–H and O–H groups in total. The number of unbranched alkanes of at least 4 members (excludes halogenated alkanes) is 1. The molecule has 2 aliphatic carbocycles. The number of hydrogen-bond donors (Lipinski definition) is 0. The van der Waals surface area contributed by atoms with Crippen molar-refractivity contribution in [3.05, 3.63) is 27.2 Å². The molecule has 23 heavy (non-hydrogen) atoms. The summed E-state index contributed by atoms with van der Waals surface area (Å²) >= 11 is 12.7. The molecule has 0 aliphatic heterocycles. The standard InChI is InChI=1S/C19H24Cl2O2/c1-3-4-9-19(13-7-5-6-8-13)11-12-10-14(23-2)16(20)17(21)15(12)18(19)22/h10,13H,3-9,11H2,1-2H3/t19-/m1/s1. The summed E-state index contributed by atoms with van der Waals surface area (Å²) in [7, 11) is 1.59. The maximum Gasteiger partial charge on any atom is 0.171 e. The van der Waals surface area contributed by atoms with Crippen molar-refractivity contribution in [3.8, 4) is 5.75 Å². The average molecular weight is 355 g/mol. The summed E-state index contributed by atoms with van der Waals surface area (Å²) in [6.07, 6.45) is 8.73. The number of ketones is 1. The zero-order chi connectivity index (χ0) is 16.6. The van der Waals surface area contributed by atoms with Gasteiger partial charge < -0.3 is 4.74 Å². The molecule has 1 aromatic carbocycles. The molecule has 0 radical (unpaired) electrons. The predicted octanol–water partition coefficient (Wildman–Crippen LogP) is 6.11. The zero-order valence-corrected chi connectivity index (χ0v) is 15.4. The Morgan fingerprint density at radius 3 is 2.57 bits per heavy atom.